The number of rotatable bonds is 4. The molecule has 1 aliphatic carbocycles. The van der Waals surface area contributed by atoms with Crippen molar-refractivity contribution in [2.24, 2.45) is 5.92 Å². The van der Waals surface area contributed by atoms with E-state index >= 15 is 0 Å². The highest BCUT2D eigenvalue weighted by Gasteiger charge is 2.51. The van der Waals surface area contributed by atoms with E-state index in [0.717, 1.165) is 12.5 Å². The van der Waals surface area contributed by atoms with Crippen molar-refractivity contribution in [3.63, 3.8) is 0 Å². The molecule has 6 nitrogen and oxygen atoms in total. The van der Waals surface area contributed by atoms with Crippen LogP contribution in [0.15, 0.2) is 18.5 Å². The molecule has 2 N–H and O–H groups in total. The van der Waals surface area contributed by atoms with E-state index in [1.807, 2.05) is 12.3 Å². The Morgan fingerprint density at radius 1 is 1.33 bits per heavy atom. The number of nitrogens with zero attached hydrogens (tertiary/aromatic N) is 2. The first kappa shape index (κ1) is 13.7. The summed E-state index contributed by atoms with van der Waals surface area (Å²) in [6.45, 7) is 1.50. The molecule has 1 aromatic heterocycles. The third kappa shape index (κ3) is 2.50. The SMILES string of the molecule is O[C@H]1[C@H](NCC2CCCC2)[C@H]2CO[C@H](O2)[C@@H]1n1cccn1. The van der Waals surface area contributed by atoms with Crippen LogP contribution in [0.5, 0.6) is 0 Å². The predicted octanol–water partition coefficient (Wildman–Crippen LogP) is 0.689. The molecule has 0 unspecified atom stereocenters. The first-order valence-corrected chi connectivity index (χ1v) is 8.00. The number of aromatic nitrogens is 2. The Kier molecular flexibility index (Phi) is 3.71. The number of hydrogen-bond donors (Lipinski definition) is 2. The van der Waals surface area contributed by atoms with Crippen LogP contribution in [-0.4, -0.2) is 52.6 Å². The Morgan fingerprint density at radius 3 is 2.95 bits per heavy atom. The first-order chi connectivity index (χ1) is 10.3. The topological polar surface area (TPSA) is 68.5 Å². The van der Waals surface area contributed by atoms with E-state index in [-0.39, 0.29) is 18.2 Å². The van der Waals surface area contributed by atoms with Crippen LogP contribution < -0.4 is 5.32 Å². The monoisotopic (exact) mass is 293 g/mol. The van der Waals surface area contributed by atoms with Crippen LogP contribution in [0, 0.1) is 5.92 Å². The summed E-state index contributed by atoms with van der Waals surface area (Å²) in [5.41, 5.74) is 0. The van der Waals surface area contributed by atoms with Crippen molar-refractivity contribution in [2.45, 2.75) is 56.3 Å². The molecular weight excluding hydrogens is 270 g/mol. The van der Waals surface area contributed by atoms with Gasteiger partial charge in [-0.3, -0.25) is 4.68 Å². The second-order valence-electron chi connectivity index (χ2n) is 6.43. The summed E-state index contributed by atoms with van der Waals surface area (Å²) in [5, 5.41) is 18.6. The molecule has 0 amide bonds. The summed E-state index contributed by atoms with van der Waals surface area (Å²) in [5.74, 6) is 0.736. The molecule has 3 fully saturated rings. The third-order valence-electron chi connectivity index (χ3n) is 5.08. The first-order valence-electron chi connectivity index (χ1n) is 8.00. The largest absolute Gasteiger partial charge is 0.389 e. The van der Waals surface area contributed by atoms with Crippen molar-refractivity contribution in [1.82, 2.24) is 15.1 Å². The molecule has 2 saturated heterocycles. The number of nitrogens with one attached hydrogen (secondary N) is 1. The lowest BCUT2D eigenvalue weighted by Gasteiger charge is -2.39. The van der Waals surface area contributed by atoms with Crippen LogP contribution >= 0.6 is 0 Å². The fourth-order valence-corrected chi connectivity index (χ4v) is 3.91. The Labute approximate surface area is 124 Å². The van der Waals surface area contributed by atoms with Gasteiger partial charge in [-0.1, -0.05) is 12.8 Å². The van der Waals surface area contributed by atoms with Crippen molar-refractivity contribution in [3.05, 3.63) is 18.5 Å². The van der Waals surface area contributed by atoms with Crippen LogP contribution in [0.1, 0.15) is 31.7 Å². The van der Waals surface area contributed by atoms with Crippen molar-refractivity contribution in [3.8, 4) is 0 Å². The minimum Gasteiger partial charge on any atom is -0.389 e. The Balaban J connectivity index is 1.47. The van der Waals surface area contributed by atoms with Crippen molar-refractivity contribution >= 4 is 0 Å². The predicted molar refractivity (Wildman–Crippen MR) is 75.6 cm³/mol. The summed E-state index contributed by atoms with van der Waals surface area (Å²) in [4.78, 5) is 0. The van der Waals surface area contributed by atoms with Gasteiger partial charge in [0.25, 0.3) is 0 Å². The quantitative estimate of drug-likeness (QED) is 0.855. The highest BCUT2D eigenvalue weighted by atomic mass is 16.7. The highest BCUT2D eigenvalue weighted by molar-refractivity contribution is 5.00. The van der Waals surface area contributed by atoms with Crippen LogP contribution in [0.4, 0.5) is 0 Å². The molecule has 1 saturated carbocycles. The second kappa shape index (κ2) is 5.68. The maximum absolute atomic E-state index is 10.8. The summed E-state index contributed by atoms with van der Waals surface area (Å²) in [7, 11) is 0. The van der Waals surface area contributed by atoms with Gasteiger partial charge in [-0.2, -0.15) is 5.10 Å². The maximum atomic E-state index is 10.8. The van der Waals surface area contributed by atoms with Gasteiger partial charge in [0.15, 0.2) is 6.29 Å². The van der Waals surface area contributed by atoms with Gasteiger partial charge in [0.1, 0.15) is 12.1 Å². The number of ether oxygens (including phenoxy) is 2. The minimum atomic E-state index is -0.544. The van der Waals surface area contributed by atoms with Crippen LogP contribution in [-0.2, 0) is 9.47 Å². The minimum absolute atomic E-state index is 0.0572. The molecule has 2 aliphatic heterocycles. The number of hydrogen-bond acceptors (Lipinski definition) is 5. The zero-order chi connectivity index (χ0) is 14.2. The molecule has 6 heteroatoms. The smallest absolute Gasteiger partial charge is 0.183 e. The standard InChI is InChI=1S/C15H23N3O3/c19-14-12(16-8-10-4-1-2-5-10)11-9-20-15(21-11)13(14)18-7-3-6-17-18/h3,6-7,10-16,19H,1-2,4-5,8-9H2/t11-,12-,13-,14+,15-/m1/s1. The fraction of sp³-hybridized carbons (Fsp3) is 0.800. The van der Waals surface area contributed by atoms with Crippen LogP contribution in [0.25, 0.3) is 0 Å². The number of aliphatic hydroxyl groups is 1. The summed E-state index contributed by atoms with van der Waals surface area (Å²) in [6.07, 6.45) is 7.83. The van der Waals surface area contributed by atoms with Crippen LogP contribution in [0.3, 0.4) is 0 Å². The van der Waals surface area contributed by atoms with E-state index in [0.29, 0.717) is 6.61 Å². The summed E-state index contributed by atoms with van der Waals surface area (Å²) in [6, 6.07) is 1.49. The molecule has 0 aromatic carbocycles. The zero-order valence-corrected chi connectivity index (χ0v) is 12.1. The Bertz CT molecular complexity index is 461. The molecule has 5 atom stereocenters. The number of aliphatic hydroxyl groups excluding tert-OH is 1. The van der Waals surface area contributed by atoms with Crippen molar-refractivity contribution in [1.29, 1.82) is 0 Å². The molecule has 3 heterocycles. The Hall–Kier alpha value is -0.950. The fourth-order valence-electron chi connectivity index (χ4n) is 3.91. The highest BCUT2D eigenvalue weighted by Crippen LogP contribution is 2.35. The van der Waals surface area contributed by atoms with E-state index in [1.54, 1.807) is 10.9 Å². The zero-order valence-electron chi connectivity index (χ0n) is 12.1. The van der Waals surface area contributed by atoms with E-state index in [9.17, 15) is 5.11 Å². The van der Waals surface area contributed by atoms with Crippen molar-refractivity contribution < 1.29 is 14.6 Å². The van der Waals surface area contributed by atoms with Crippen molar-refractivity contribution in [2.75, 3.05) is 13.2 Å². The van der Waals surface area contributed by atoms with Gasteiger partial charge in [-0.15, -0.1) is 0 Å². The van der Waals surface area contributed by atoms with E-state index in [1.165, 1.54) is 25.7 Å². The van der Waals surface area contributed by atoms with Gasteiger partial charge in [0.2, 0.25) is 0 Å². The second-order valence-corrected chi connectivity index (χ2v) is 6.43. The molecule has 1 aromatic rings. The van der Waals surface area contributed by atoms with Gasteiger partial charge in [0.05, 0.1) is 18.8 Å². The normalized spacial score (nSPS) is 40.0. The lowest BCUT2D eigenvalue weighted by atomic mass is 9.95. The summed E-state index contributed by atoms with van der Waals surface area (Å²) < 4.78 is 13.4. The van der Waals surface area contributed by atoms with E-state index < -0.39 is 12.4 Å². The van der Waals surface area contributed by atoms with Crippen LogP contribution in [0.2, 0.25) is 0 Å². The molecule has 0 radical (unpaired) electrons. The van der Waals surface area contributed by atoms with E-state index in [2.05, 4.69) is 10.4 Å². The lowest BCUT2D eigenvalue weighted by Crippen LogP contribution is -2.58. The van der Waals surface area contributed by atoms with Gasteiger partial charge < -0.3 is 19.9 Å². The molecule has 2 bridgehead atoms. The van der Waals surface area contributed by atoms with E-state index in [4.69, 9.17) is 9.47 Å². The van der Waals surface area contributed by atoms with Gasteiger partial charge in [-0.05, 0) is 31.4 Å². The maximum Gasteiger partial charge on any atom is 0.183 e. The number of fused-ring (bicyclic) bond motifs is 2. The van der Waals surface area contributed by atoms with Gasteiger partial charge >= 0.3 is 0 Å². The molecule has 0 spiro atoms. The Morgan fingerprint density at radius 2 is 2.19 bits per heavy atom. The molecular formula is C15H23N3O3. The average Bonchev–Trinajstić information content (AvgIpc) is 3.20. The molecule has 21 heavy (non-hydrogen) atoms. The van der Waals surface area contributed by atoms with Gasteiger partial charge in [-0.25, -0.2) is 0 Å². The molecule has 116 valence electrons. The van der Waals surface area contributed by atoms with Gasteiger partial charge in [0, 0.05) is 12.4 Å². The third-order valence-corrected chi connectivity index (χ3v) is 5.08. The average molecular weight is 293 g/mol. The lowest BCUT2D eigenvalue weighted by molar-refractivity contribution is -0.168. The molecule has 3 aliphatic rings. The molecule has 4 rings (SSSR count). The summed E-state index contributed by atoms with van der Waals surface area (Å²) >= 11 is 0.